The summed E-state index contributed by atoms with van der Waals surface area (Å²) in [5.74, 6) is 0.127. The molecule has 5 nitrogen and oxygen atoms in total. The van der Waals surface area contributed by atoms with Gasteiger partial charge in [0.15, 0.2) is 6.61 Å². The molecule has 0 bridgehead atoms. The van der Waals surface area contributed by atoms with Crippen molar-refractivity contribution in [2.24, 2.45) is 0 Å². The summed E-state index contributed by atoms with van der Waals surface area (Å²) in [6.07, 6.45) is 3.03. The zero-order chi connectivity index (χ0) is 23.8. The van der Waals surface area contributed by atoms with Crippen molar-refractivity contribution in [3.63, 3.8) is 0 Å². The van der Waals surface area contributed by atoms with Gasteiger partial charge in [-0.2, -0.15) is 4.31 Å². The molecule has 1 amide bonds. The Kier molecular flexibility index (Phi) is 8.28. The monoisotopic (exact) mass is 465 g/mol. The molecule has 3 aromatic carbocycles. The van der Waals surface area contributed by atoms with Gasteiger partial charge in [0.05, 0.1) is 10.6 Å². The number of unbranched alkanes of at least 4 members (excludes halogenated alkanes) is 1. The first-order chi connectivity index (χ1) is 15.8. The van der Waals surface area contributed by atoms with Crippen molar-refractivity contribution in [3.8, 4) is 5.75 Å². The van der Waals surface area contributed by atoms with E-state index in [9.17, 15) is 13.2 Å². The molecule has 6 heteroatoms. The van der Waals surface area contributed by atoms with Crippen molar-refractivity contribution >= 4 is 21.6 Å². The second kappa shape index (κ2) is 11.1. The third-order valence-electron chi connectivity index (χ3n) is 5.39. The average molecular weight is 466 g/mol. The lowest BCUT2D eigenvalue weighted by Crippen LogP contribution is -2.40. The van der Waals surface area contributed by atoms with Crippen LogP contribution < -0.4 is 9.04 Å². The molecule has 3 rings (SSSR count). The molecule has 3 aromatic rings. The second-order valence-electron chi connectivity index (χ2n) is 8.23. The van der Waals surface area contributed by atoms with E-state index in [4.69, 9.17) is 4.74 Å². The average Bonchev–Trinajstić information content (AvgIpc) is 2.83. The van der Waals surface area contributed by atoms with Crippen LogP contribution in [0.2, 0.25) is 0 Å². The second-order valence-corrected chi connectivity index (χ2v) is 10.0. The SMILES string of the molecule is CCCCc1ccc(N(C(=O)COc2ccccc2C(C)C)S(=O)(=O)c2ccccc2)cc1. The predicted octanol–water partition coefficient (Wildman–Crippen LogP) is 5.95. The number of anilines is 1. The molecular weight excluding hydrogens is 434 g/mol. The topological polar surface area (TPSA) is 63.7 Å². The maximum atomic E-state index is 13.5. The van der Waals surface area contributed by atoms with Crippen molar-refractivity contribution in [3.05, 3.63) is 90.0 Å². The number of rotatable bonds is 10. The van der Waals surface area contributed by atoms with E-state index in [2.05, 4.69) is 6.92 Å². The lowest BCUT2D eigenvalue weighted by Gasteiger charge is -2.23. The highest BCUT2D eigenvalue weighted by Gasteiger charge is 2.31. The number of para-hydroxylation sites is 1. The summed E-state index contributed by atoms with van der Waals surface area (Å²) in [7, 11) is -4.11. The Labute approximate surface area is 197 Å². The molecule has 0 aliphatic carbocycles. The maximum absolute atomic E-state index is 13.5. The Morgan fingerprint density at radius 2 is 1.55 bits per heavy atom. The van der Waals surface area contributed by atoms with Crippen LogP contribution >= 0.6 is 0 Å². The number of carbonyl (C=O) groups excluding carboxylic acids is 1. The number of sulfonamides is 1. The summed E-state index contributed by atoms with van der Waals surface area (Å²) in [5.41, 5.74) is 2.36. The molecule has 0 radical (unpaired) electrons. The van der Waals surface area contributed by atoms with Gasteiger partial charge in [-0.1, -0.05) is 75.7 Å². The van der Waals surface area contributed by atoms with E-state index in [1.165, 1.54) is 12.1 Å². The van der Waals surface area contributed by atoms with Gasteiger partial charge in [-0.05, 0) is 60.2 Å². The van der Waals surface area contributed by atoms with Crippen LogP contribution in [0.5, 0.6) is 5.75 Å². The fourth-order valence-corrected chi connectivity index (χ4v) is 5.01. The predicted molar refractivity (Wildman–Crippen MR) is 132 cm³/mol. The number of ether oxygens (including phenoxy) is 1. The van der Waals surface area contributed by atoms with Gasteiger partial charge in [-0.15, -0.1) is 0 Å². The van der Waals surface area contributed by atoms with Crippen LogP contribution in [0.4, 0.5) is 5.69 Å². The lowest BCUT2D eigenvalue weighted by atomic mass is 10.0. The Morgan fingerprint density at radius 1 is 0.909 bits per heavy atom. The molecule has 0 atom stereocenters. The van der Waals surface area contributed by atoms with E-state index in [1.54, 1.807) is 36.4 Å². The number of amides is 1. The summed E-state index contributed by atoms with van der Waals surface area (Å²) in [4.78, 5) is 13.3. The zero-order valence-corrected chi connectivity index (χ0v) is 20.2. The van der Waals surface area contributed by atoms with Crippen molar-refractivity contribution in [2.75, 3.05) is 10.9 Å². The van der Waals surface area contributed by atoms with Crippen LogP contribution in [0.25, 0.3) is 0 Å². The molecule has 0 spiro atoms. The van der Waals surface area contributed by atoms with E-state index in [0.717, 1.165) is 34.7 Å². The fourth-order valence-electron chi connectivity index (χ4n) is 3.58. The van der Waals surface area contributed by atoms with Gasteiger partial charge in [-0.3, -0.25) is 4.79 Å². The highest BCUT2D eigenvalue weighted by atomic mass is 32.2. The molecule has 0 fully saturated rings. The molecule has 0 aliphatic rings. The summed E-state index contributed by atoms with van der Waals surface area (Å²) in [5, 5.41) is 0. The molecule has 0 N–H and O–H groups in total. The Balaban J connectivity index is 1.93. The number of aryl methyl sites for hydroxylation is 1. The number of hydrogen-bond donors (Lipinski definition) is 0. The van der Waals surface area contributed by atoms with Crippen molar-refractivity contribution in [1.29, 1.82) is 0 Å². The molecule has 0 aromatic heterocycles. The summed E-state index contributed by atoms with van der Waals surface area (Å²) in [6, 6.07) is 22.6. The molecule has 33 heavy (non-hydrogen) atoms. The van der Waals surface area contributed by atoms with Gasteiger partial charge < -0.3 is 4.74 Å². The van der Waals surface area contributed by atoms with E-state index >= 15 is 0 Å². The van der Waals surface area contributed by atoms with Crippen LogP contribution in [0, 0.1) is 0 Å². The maximum Gasteiger partial charge on any atom is 0.278 e. The van der Waals surface area contributed by atoms with Crippen LogP contribution in [-0.4, -0.2) is 20.9 Å². The smallest absolute Gasteiger partial charge is 0.278 e. The third kappa shape index (κ3) is 6.02. The standard InChI is InChI=1S/C27H31NO4S/c1-4-5-11-22-16-18-23(19-17-22)28(33(30,31)24-12-7-6-8-13-24)27(29)20-32-26-15-10-9-14-25(26)21(2)3/h6-10,12-19,21H,4-5,11,20H2,1-3H3. The van der Waals surface area contributed by atoms with Crippen LogP contribution in [-0.2, 0) is 21.2 Å². The van der Waals surface area contributed by atoms with Gasteiger partial charge in [0.1, 0.15) is 5.75 Å². The largest absolute Gasteiger partial charge is 0.483 e. The normalized spacial score (nSPS) is 11.4. The molecule has 0 unspecified atom stereocenters. The first-order valence-corrected chi connectivity index (χ1v) is 12.7. The van der Waals surface area contributed by atoms with E-state index in [1.807, 2.05) is 44.2 Å². The van der Waals surface area contributed by atoms with Gasteiger partial charge in [0, 0.05) is 0 Å². The van der Waals surface area contributed by atoms with Gasteiger partial charge in [-0.25, -0.2) is 8.42 Å². The van der Waals surface area contributed by atoms with Gasteiger partial charge in [0.25, 0.3) is 15.9 Å². The van der Waals surface area contributed by atoms with Gasteiger partial charge in [0.2, 0.25) is 0 Å². The van der Waals surface area contributed by atoms with Crippen molar-refractivity contribution < 1.29 is 17.9 Å². The molecule has 0 aliphatic heterocycles. The number of benzene rings is 3. The number of hydrogen-bond acceptors (Lipinski definition) is 4. The van der Waals surface area contributed by atoms with Crippen molar-refractivity contribution in [2.45, 2.75) is 50.8 Å². The van der Waals surface area contributed by atoms with Crippen LogP contribution in [0.1, 0.15) is 50.7 Å². The zero-order valence-electron chi connectivity index (χ0n) is 19.4. The number of nitrogens with zero attached hydrogens (tertiary/aromatic N) is 1. The number of carbonyl (C=O) groups is 1. The minimum absolute atomic E-state index is 0.0518. The highest BCUT2D eigenvalue weighted by molar-refractivity contribution is 7.93. The minimum atomic E-state index is -4.11. The first kappa shape index (κ1) is 24.5. The summed E-state index contributed by atoms with van der Waals surface area (Å²) < 4.78 is 33.6. The quantitative estimate of drug-likeness (QED) is 0.371. The summed E-state index contributed by atoms with van der Waals surface area (Å²) >= 11 is 0. The van der Waals surface area contributed by atoms with Gasteiger partial charge >= 0.3 is 0 Å². The lowest BCUT2D eigenvalue weighted by molar-refractivity contribution is -0.119. The Bertz CT molecular complexity index is 1160. The molecular formula is C27H31NO4S. The molecule has 0 saturated heterocycles. The van der Waals surface area contributed by atoms with E-state index in [-0.39, 0.29) is 10.8 Å². The third-order valence-corrected chi connectivity index (χ3v) is 7.15. The van der Waals surface area contributed by atoms with Crippen molar-refractivity contribution in [1.82, 2.24) is 0 Å². The Morgan fingerprint density at radius 3 is 2.18 bits per heavy atom. The Hall–Kier alpha value is -3.12. The molecule has 0 heterocycles. The fraction of sp³-hybridized carbons (Fsp3) is 0.296. The highest BCUT2D eigenvalue weighted by Crippen LogP contribution is 2.28. The summed E-state index contributed by atoms with van der Waals surface area (Å²) in [6.45, 7) is 5.80. The van der Waals surface area contributed by atoms with Crippen LogP contribution in [0.3, 0.4) is 0 Å². The van der Waals surface area contributed by atoms with Crippen LogP contribution in [0.15, 0.2) is 83.8 Å². The first-order valence-electron chi connectivity index (χ1n) is 11.3. The van der Waals surface area contributed by atoms with E-state index < -0.39 is 22.5 Å². The minimum Gasteiger partial charge on any atom is -0.483 e. The molecule has 0 saturated carbocycles. The molecule has 174 valence electrons. The van der Waals surface area contributed by atoms with E-state index in [0.29, 0.717) is 11.4 Å².